The highest BCUT2D eigenvalue weighted by molar-refractivity contribution is 7.08. The maximum atomic E-state index is 13.3. The lowest BCUT2D eigenvalue weighted by molar-refractivity contribution is -0.0977. The van der Waals surface area contributed by atoms with Crippen LogP contribution >= 0.6 is 11.5 Å². The number of fused-ring (bicyclic) bond motifs is 1. The van der Waals surface area contributed by atoms with Crippen LogP contribution in [0.2, 0.25) is 0 Å². The van der Waals surface area contributed by atoms with Gasteiger partial charge in [-0.25, -0.2) is 0 Å². The molecule has 2 aliphatic carbocycles. The standard InChI is InChI=1S/C19H29N3O3S/c1-12(2)16-17(26-21-20-16)18(23)22-9-8-19(24-3)7-6-14(10-15(19)22)25-11-13-4-5-13/h12-15H,4-11H2,1-3H3/t14-,15-,19+/m0/s1. The molecule has 6 nitrogen and oxygen atoms in total. The maximum absolute atomic E-state index is 13.3. The van der Waals surface area contributed by atoms with Gasteiger partial charge in [-0.1, -0.05) is 18.3 Å². The second-order valence-corrected chi connectivity index (χ2v) is 9.10. The van der Waals surface area contributed by atoms with Crippen LogP contribution in [0.15, 0.2) is 0 Å². The second-order valence-electron chi connectivity index (χ2n) is 8.35. The van der Waals surface area contributed by atoms with Gasteiger partial charge in [-0.05, 0) is 61.9 Å². The highest BCUT2D eigenvalue weighted by atomic mass is 32.1. The highest BCUT2D eigenvalue weighted by Gasteiger charge is 2.53. The average Bonchev–Trinajstić information content (AvgIpc) is 3.20. The summed E-state index contributed by atoms with van der Waals surface area (Å²) in [5.41, 5.74) is 0.595. The quantitative estimate of drug-likeness (QED) is 0.759. The Morgan fingerprint density at radius 1 is 1.35 bits per heavy atom. The van der Waals surface area contributed by atoms with E-state index in [1.54, 1.807) is 7.11 Å². The number of hydrogen-bond donors (Lipinski definition) is 0. The first-order chi connectivity index (χ1) is 12.5. The van der Waals surface area contributed by atoms with Crippen molar-refractivity contribution in [1.82, 2.24) is 14.5 Å². The van der Waals surface area contributed by atoms with Crippen molar-refractivity contribution in [3.8, 4) is 0 Å². The monoisotopic (exact) mass is 379 g/mol. The van der Waals surface area contributed by atoms with Gasteiger partial charge in [0.1, 0.15) is 4.88 Å². The first-order valence-electron chi connectivity index (χ1n) is 9.84. The molecule has 0 spiro atoms. The zero-order chi connectivity index (χ0) is 18.3. The molecule has 1 aromatic rings. The Morgan fingerprint density at radius 3 is 2.85 bits per heavy atom. The molecular formula is C19H29N3O3S. The molecule has 1 amide bonds. The Labute approximate surface area is 159 Å². The van der Waals surface area contributed by atoms with Gasteiger partial charge in [0, 0.05) is 20.3 Å². The van der Waals surface area contributed by atoms with Gasteiger partial charge < -0.3 is 14.4 Å². The molecule has 0 bridgehead atoms. The number of rotatable bonds is 6. The highest BCUT2D eigenvalue weighted by Crippen LogP contribution is 2.44. The van der Waals surface area contributed by atoms with E-state index < -0.39 is 0 Å². The van der Waals surface area contributed by atoms with Crippen molar-refractivity contribution in [3.05, 3.63) is 10.6 Å². The number of methoxy groups -OCH3 is 1. The summed E-state index contributed by atoms with van der Waals surface area (Å²) in [4.78, 5) is 16.0. The third-order valence-electron chi connectivity index (χ3n) is 6.32. The molecule has 1 aromatic heterocycles. The Hall–Kier alpha value is -1.05. The van der Waals surface area contributed by atoms with Crippen LogP contribution < -0.4 is 0 Å². The fourth-order valence-corrected chi connectivity index (χ4v) is 5.24. The molecule has 3 aliphatic rings. The van der Waals surface area contributed by atoms with Gasteiger partial charge in [0.2, 0.25) is 0 Å². The molecule has 0 radical (unpaired) electrons. The van der Waals surface area contributed by atoms with Crippen LogP contribution in [0.3, 0.4) is 0 Å². The van der Waals surface area contributed by atoms with Crippen LogP contribution in [-0.2, 0) is 9.47 Å². The van der Waals surface area contributed by atoms with Gasteiger partial charge in [-0.15, -0.1) is 5.10 Å². The molecule has 7 heteroatoms. The largest absolute Gasteiger partial charge is 0.378 e. The molecule has 0 N–H and O–H groups in total. The lowest BCUT2D eigenvalue weighted by atomic mass is 9.79. The van der Waals surface area contributed by atoms with Crippen molar-refractivity contribution in [1.29, 1.82) is 0 Å². The molecule has 2 heterocycles. The van der Waals surface area contributed by atoms with Crippen LogP contribution in [-0.4, -0.2) is 58.4 Å². The summed E-state index contributed by atoms with van der Waals surface area (Å²) in [6.07, 6.45) is 6.61. The zero-order valence-corrected chi connectivity index (χ0v) is 16.8. The predicted molar refractivity (Wildman–Crippen MR) is 99.5 cm³/mol. The van der Waals surface area contributed by atoms with E-state index >= 15 is 0 Å². The SMILES string of the molecule is CO[C@@]12CC[C@H](OCC3CC3)C[C@@H]1N(C(=O)c1snnc1C(C)C)CC2. The molecule has 4 rings (SSSR count). The predicted octanol–water partition coefficient (Wildman–Crippen LogP) is 3.24. The lowest BCUT2D eigenvalue weighted by Gasteiger charge is -2.43. The van der Waals surface area contributed by atoms with Crippen molar-refractivity contribution >= 4 is 17.4 Å². The number of carbonyl (C=O) groups is 1. The maximum Gasteiger partial charge on any atom is 0.267 e. The van der Waals surface area contributed by atoms with E-state index in [1.165, 1.54) is 24.4 Å². The van der Waals surface area contributed by atoms with E-state index in [4.69, 9.17) is 9.47 Å². The number of ether oxygens (including phenoxy) is 2. The Kier molecular flexibility index (Phi) is 5.05. The van der Waals surface area contributed by atoms with Crippen molar-refractivity contribution < 1.29 is 14.3 Å². The van der Waals surface area contributed by atoms with Gasteiger partial charge in [0.15, 0.2) is 0 Å². The van der Waals surface area contributed by atoms with E-state index in [1.807, 2.05) is 4.90 Å². The third-order valence-corrected chi connectivity index (χ3v) is 7.05. The first-order valence-corrected chi connectivity index (χ1v) is 10.6. The van der Waals surface area contributed by atoms with Gasteiger partial charge in [0.25, 0.3) is 5.91 Å². The number of likely N-dealkylation sites (tertiary alicyclic amines) is 1. The van der Waals surface area contributed by atoms with Crippen LogP contribution in [0.1, 0.15) is 73.7 Å². The van der Waals surface area contributed by atoms with E-state index in [-0.39, 0.29) is 29.6 Å². The topological polar surface area (TPSA) is 64.6 Å². The molecule has 3 fully saturated rings. The van der Waals surface area contributed by atoms with E-state index in [0.717, 1.165) is 50.4 Å². The molecule has 26 heavy (non-hydrogen) atoms. The van der Waals surface area contributed by atoms with Gasteiger partial charge in [0.05, 0.1) is 23.4 Å². The molecule has 144 valence electrons. The summed E-state index contributed by atoms with van der Waals surface area (Å²) in [7, 11) is 1.79. The Balaban J connectivity index is 1.52. The minimum Gasteiger partial charge on any atom is -0.378 e. The molecule has 0 unspecified atom stereocenters. The molecular weight excluding hydrogens is 350 g/mol. The Bertz CT molecular complexity index is 660. The van der Waals surface area contributed by atoms with E-state index in [9.17, 15) is 4.79 Å². The summed E-state index contributed by atoms with van der Waals surface area (Å²) in [6.45, 7) is 5.72. The van der Waals surface area contributed by atoms with Crippen molar-refractivity contribution in [2.24, 2.45) is 5.92 Å². The van der Waals surface area contributed by atoms with Crippen molar-refractivity contribution in [2.45, 2.75) is 76.0 Å². The van der Waals surface area contributed by atoms with Crippen LogP contribution in [0.25, 0.3) is 0 Å². The third kappa shape index (κ3) is 3.29. The van der Waals surface area contributed by atoms with Crippen LogP contribution in [0.4, 0.5) is 0 Å². The summed E-state index contributed by atoms with van der Waals surface area (Å²) in [6, 6.07) is 0.0834. The first kappa shape index (κ1) is 18.3. The number of hydrogen-bond acceptors (Lipinski definition) is 6. The minimum absolute atomic E-state index is 0.0652. The van der Waals surface area contributed by atoms with E-state index in [2.05, 4.69) is 23.4 Å². The van der Waals surface area contributed by atoms with Gasteiger partial charge >= 0.3 is 0 Å². The van der Waals surface area contributed by atoms with Crippen LogP contribution in [0.5, 0.6) is 0 Å². The lowest BCUT2D eigenvalue weighted by Crippen LogP contribution is -2.53. The van der Waals surface area contributed by atoms with Crippen LogP contribution in [0, 0.1) is 5.92 Å². The fraction of sp³-hybridized carbons (Fsp3) is 0.842. The normalized spacial score (nSPS) is 31.5. The summed E-state index contributed by atoms with van der Waals surface area (Å²) < 4.78 is 16.2. The van der Waals surface area contributed by atoms with Crippen molar-refractivity contribution in [2.75, 3.05) is 20.3 Å². The number of nitrogens with zero attached hydrogens (tertiary/aromatic N) is 3. The molecule has 3 atom stereocenters. The van der Waals surface area contributed by atoms with Crippen molar-refractivity contribution in [3.63, 3.8) is 0 Å². The summed E-state index contributed by atoms with van der Waals surface area (Å²) in [5, 5.41) is 4.19. The second kappa shape index (κ2) is 7.17. The smallest absolute Gasteiger partial charge is 0.267 e. The number of aromatic nitrogens is 2. The molecule has 1 aliphatic heterocycles. The van der Waals surface area contributed by atoms with E-state index in [0.29, 0.717) is 4.88 Å². The summed E-state index contributed by atoms with van der Waals surface area (Å²) in [5.74, 6) is 1.03. The fourth-order valence-electron chi connectivity index (χ4n) is 4.47. The van der Waals surface area contributed by atoms with Gasteiger partial charge in [-0.2, -0.15) is 0 Å². The molecule has 0 aromatic carbocycles. The zero-order valence-electron chi connectivity index (χ0n) is 15.9. The summed E-state index contributed by atoms with van der Waals surface area (Å²) >= 11 is 1.22. The van der Waals surface area contributed by atoms with Gasteiger partial charge in [-0.3, -0.25) is 4.79 Å². The Morgan fingerprint density at radius 2 is 2.15 bits per heavy atom. The number of carbonyl (C=O) groups excluding carboxylic acids is 1. The number of amides is 1. The molecule has 1 saturated heterocycles. The minimum atomic E-state index is -0.217. The average molecular weight is 380 g/mol. The molecule has 2 saturated carbocycles.